The second-order valence-electron chi connectivity index (χ2n) is 4.94. The van der Waals surface area contributed by atoms with Gasteiger partial charge >= 0.3 is 0 Å². The van der Waals surface area contributed by atoms with E-state index in [4.69, 9.17) is 0 Å². The fourth-order valence-electron chi connectivity index (χ4n) is 1.93. The first-order valence-electron chi connectivity index (χ1n) is 6.42. The number of aromatic nitrogens is 1. The summed E-state index contributed by atoms with van der Waals surface area (Å²) in [6, 6.07) is 9.33. The van der Waals surface area contributed by atoms with Gasteiger partial charge in [-0.05, 0) is 35.1 Å². The van der Waals surface area contributed by atoms with Crippen molar-refractivity contribution in [3.8, 4) is 0 Å². The Morgan fingerprint density at radius 1 is 1.24 bits per heavy atom. The highest BCUT2D eigenvalue weighted by Crippen LogP contribution is 2.30. The maximum absolute atomic E-state index is 12.2. The van der Waals surface area contributed by atoms with Crippen molar-refractivity contribution in [3.63, 3.8) is 0 Å². The molecule has 0 radical (unpaired) electrons. The van der Waals surface area contributed by atoms with E-state index < -0.39 is 10.0 Å². The average Bonchev–Trinajstić information content (AvgIpc) is 3.06. The molecule has 0 fully saturated rings. The third-order valence-corrected chi connectivity index (χ3v) is 6.86. The molecule has 3 rings (SSSR count). The lowest BCUT2D eigenvalue weighted by Gasteiger charge is -2.03. The lowest BCUT2D eigenvalue weighted by Crippen LogP contribution is -2.10. The number of benzene rings is 1. The summed E-state index contributed by atoms with van der Waals surface area (Å²) >= 11 is 2.54. The monoisotopic (exact) mass is 338 g/mol. The van der Waals surface area contributed by atoms with Gasteiger partial charge in [0.05, 0.1) is 10.2 Å². The standard InChI is InChI=1S/C14H14N2O2S3/c1-9(2)10-5-6-11-12(8-10)20-14(15-11)16-21(17,18)13-4-3-7-19-13/h3-9H,1-2H3,(H,15,16). The summed E-state index contributed by atoms with van der Waals surface area (Å²) < 4.78 is 28.2. The van der Waals surface area contributed by atoms with E-state index in [9.17, 15) is 8.42 Å². The first-order valence-corrected chi connectivity index (χ1v) is 9.60. The minimum absolute atomic E-state index is 0.296. The number of nitrogens with zero attached hydrogens (tertiary/aromatic N) is 1. The summed E-state index contributed by atoms with van der Waals surface area (Å²) in [5, 5.41) is 2.14. The molecule has 0 aliphatic carbocycles. The van der Waals surface area contributed by atoms with Crippen LogP contribution in [-0.4, -0.2) is 13.4 Å². The molecular weight excluding hydrogens is 324 g/mol. The lowest BCUT2D eigenvalue weighted by atomic mass is 10.0. The Bertz CT molecular complexity index is 865. The molecule has 0 saturated carbocycles. The molecule has 21 heavy (non-hydrogen) atoms. The van der Waals surface area contributed by atoms with Crippen molar-refractivity contribution < 1.29 is 8.42 Å². The number of fused-ring (bicyclic) bond motifs is 1. The quantitative estimate of drug-likeness (QED) is 0.772. The Morgan fingerprint density at radius 2 is 2.05 bits per heavy atom. The van der Waals surface area contributed by atoms with Crippen molar-refractivity contribution in [2.45, 2.75) is 24.0 Å². The van der Waals surface area contributed by atoms with Crippen LogP contribution in [-0.2, 0) is 10.0 Å². The third kappa shape index (κ3) is 2.95. The van der Waals surface area contributed by atoms with Crippen molar-refractivity contribution in [1.82, 2.24) is 4.98 Å². The summed E-state index contributed by atoms with van der Waals surface area (Å²) in [7, 11) is -3.53. The fourth-order valence-corrected chi connectivity index (χ4v) is 5.07. The highest BCUT2D eigenvalue weighted by atomic mass is 32.2. The van der Waals surface area contributed by atoms with Crippen molar-refractivity contribution >= 4 is 48.0 Å². The van der Waals surface area contributed by atoms with Crippen LogP contribution in [0, 0.1) is 0 Å². The Balaban J connectivity index is 1.95. The molecule has 0 bridgehead atoms. The van der Waals surface area contributed by atoms with Crippen LogP contribution in [0.25, 0.3) is 10.2 Å². The molecule has 0 atom stereocenters. The van der Waals surface area contributed by atoms with Crippen molar-refractivity contribution in [3.05, 3.63) is 41.3 Å². The SMILES string of the molecule is CC(C)c1ccc2nc(NS(=O)(=O)c3cccs3)sc2c1. The van der Waals surface area contributed by atoms with Crippen molar-refractivity contribution in [2.75, 3.05) is 4.72 Å². The molecule has 0 spiro atoms. The molecule has 0 saturated heterocycles. The van der Waals surface area contributed by atoms with Crippen molar-refractivity contribution in [2.24, 2.45) is 0 Å². The molecular formula is C14H14N2O2S3. The summed E-state index contributed by atoms with van der Waals surface area (Å²) in [5.74, 6) is 0.433. The highest BCUT2D eigenvalue weighted by molar-refractivity contribution is 7.94. The Kier molecular flexibility index (Phi) is 3.73. The Hall–Kier alpha value is -1.44. The minimum Gasteiger partial charge on any atom is -0.254 e. The van der Waals surface area contributed by atoms with Gasteiger partial charge in [0.2, 0.25) is 0 Å². The minimum atomic E-state index is -3.53. The molecule has 0 amide bonds. The average molecular weight is 338 g/mol. The second-order valence-corrected chi connectivity index (χ2v) is 8.83. The normalized spacial score (nSPS) is 12.1. The van der Waals surface area contributed by atoms with Gasteiger partial charge in [0.15, 0.2) is 5.13 Å². The van der Waals surface area contributed by atoms with E-state index in [0.29, 0.717) is 15.3 Å². The number of hydrogen-bond acceptors (Lipinski definition) is 5. The summed E-state index contributed by atoms with van der Waals surface area (Å²) in [5.41, 5.74) is 2.03. The molecule has 0 aliphatic heterocycles. The van der Waals surface area contributed by atoms with Crippen LogP contribution in [0.3, 0.4) is 0 Å². The Labute approximate surface area is 131 Å². The van der Waals surface area contributed by atoms with Crippen LogP contribution >= 0.6 is 22.7 Å². The number of anilines is 1. The summed E-state index contributed by atoms with van der Waals surface area (Å²) in [6.45, 7) is 4.26. The molecule has 0 unspecified atom stereocenters. The molecule has 7 heteroatoms. The van der Waals surface area contributed by atoms with E-state index in [1.54, 1.807) is 17.5 Å². The first kappa shape index (κ1) is 14.5. The molecule has 1 N–H and O–H groups in total. The van der Waals surface area contributed by atoms with Gasteiger partial charge in [0.25, 0.3) is 10.0 Å². The van der Waals surface area contributed by atoms with Gasteiger partial charge in [-0.1, -0.05) is 37.3 Å². The number of hydrogen-bond donors (Lipinski definition) is 1. The maximum atomic E-state index is 12.2. The van der Waals surface area contributed by atoms with Crippen LogP contribution in [0.4, 0.5) is 5.13 Å². The summed E-state index contributed by atoms with van der Waals surface area (Å²) in [4.78, 5) is 4.34. The summed E-state index contributed by atoms with van der Waals surface area (Å²) in [6.07, 6.45) is 0. The molecule has 1 aromatic carbocycles. The van der Waals surface area contributed by atoms with E-state index in [1.807, 2.05) is 12.1 Å². The second kappa shape index (κ2) is 5.40. The fraction of sp³-hybridized carbons (Fsp3) is 0.214. The highest BCUT2D eigenvalue weighted by Gasteiger charge is 2.17. The van der Waals surface area contributed by atoms with Gasteiger partial charge in [0, 0.05) is 0 Å². The zero-order valence-electron chi connectivity index (χ0n) is 11.5. The van der Waals surface area contributed by atoms with Gasteiger partial charge < -0.3 is 0 Å². The molecule has 3 aromatic rings. The number of sulfonamides is 1. The van der Waals surface area contributed by atoms with E-state index >= 15 is 0 Å². The molecule has 4 nitrogen and oxygen atoms in total. The number of rotatable bonds is 4. The van der Waals surface area contributed by atoms with Crippen molar-refractivity contribution in [1.29, 1.82) is 0 Å². The Morgan fingerprint density at radius 3 is 2.71 bits per heavy atom. The zero-order chi connectivity index (χ0) is 15.0. The van der Waals surface area contributed by atoms with E-state index in [0.717, 1.165) is 10.2 Å². The van der Waals surface area contributed by atoms with Gasteiger partial charge in [-0.3, -0.25) is 4.72 Å². The maximum Gasteiger partial charge on any atom is 0.273 e. The van der Waals surface area contributed by atoms with Crippen LogP contribution in [0.5, 0.6) is 0 Å². The van der Waals surface area contributed by atoms with Crippen LogP contribution < -0.4 is 4.72 Å². The zero-order valence-corrected chi connectivity index (χ0v) is 14.0. The lowest BCUT2D eigenvalue weighted by molar-refractivity contribution is 0.603. The van der Waals surface area contributed by atoms with E-state index in [-0.39, 0.29) is 0 Å². The first-order chi connectivity index (χ1) is 9.95. The van der Waals surface area contributed by atoms with E-state index in [2.05, 4.69) is 29.6 Å². The largest absolute Gasteiger partial charge is 0.273 e. The molecule has 2 aromatic heterocycles. The van der Waals surface area contributed by atoms with Gasteiger partial charge in [-0.2, -0.15) is 0 Å². The smallest absolute Gasteiger partial charge is 0.254 e. The van der Waals surface area contributed by atoms with Crippen LogP contribution in [0.15, 0.2) is 39.9 Å². The van der Waals surface area contributed by atoms with E-state index in [1.165, 1.54) is 28.2 Å². The number of thiazole rings is 1. The van der Waals surface area contributed by atoms with Gasteiger partial charge in [-0.25, -0.2) is 13.4 Å². The van der Waals surface area contributed by atoms with Crippen LogP contribution in [0.2, 0.25) is 0 Å². The molecule has 2 heterocycles. The number of nitrogens with one attached hydrogen (secondary N) is 1. The van der Waals surface area contributed by atoms with Gasteiger partial charge in [-0.15, -0.1) is 11.3 Å². The molecule has 110 valence electrons. The number of thiophene rings is 1. The van der Waals surface area contributed by atoms with Crippen LogP contribution in [0.1, 0.15) is 25.3 Å². The molecule has 0 aliphatic rings. The third-order valence-electron chi connectivity index (χ3n) is 3.06. The predicted octanol–water partition coefficient (Wildman–Crippen LogP) is 4.28. The topological polar surface area (TPSA) is 59.1 Å². The van der Waals surface area contributed by atoms with Gasteiger partial charge in [0.1, 0.15) is 4.21 Å². The predicted molar refractivity (Wildman–Crippen MR) is 88.8 cm³/mol.